The van der Waals surface area contributed by atoms with Crippen molar-refractivity contribution in [2.45, 2.75) is 26.4 Å². The van der Waals surface area contributed by atoms with Crippen molar-refractivity contribution < 1.29 is 4.74 Å². The fraction of sp³-hybridized carbons (Fsp3) is 0.500. The summed E-state index contributed by atoms with van der Waals surface area (Å²) in [5.41, 5.74) is 1.18. The molecule has 1 N–H and O–H groups in total. The standard InChI is InChI=1S/C14H20N2OS/c1-10(2)13-9-18-14(16-13)15-8-11-5-4-6-12(7-11)17-3/h4-7,10,13H,8-9H2,1-3H3,(H,15,16). The van der Waals surface area contributed by atoms with Crippen LogP contribution in [0.4, 0.5) is 0 Å². The summed E-state index contributed by atoms with van der Waals surface area (Å²) < 4.78 is 5.21. The molecule has 0 aromatic heterocycles. The van der Waals surface area contributed by atoms with Crippen molar-refractivity contribution >= 4 is 16.9 Å². The lowest BCUT2D eigenvalue weighted by atomic mass is 10.1. The number of aliphatic imine (C=N–C) groups is 1. The van der Waals surface area contributed by atoms with Crippen molar-refractivity contribution in [3.63, 3.8) is 0 Å². The monoisotopic (exact) mass is 264 g/mol. The summed E-state index contributed by atoms with van der Waals surface area (Å²) in [6, 6.07) is 8.61. The van der Waals surface area contributed by atoms with Gasteiger partial charge in [0.2, 0.25) is 0 Å². The van der Waals surface area contributed by atoms with Crippen LogP contribution in [0.5, 0.6) is 5.75 Å². The molecule has 1 aliphatic rings. The molecule has 1 saturated heterocycles. The van der Waals surface area contributed by atoms with E-state index in [1.54, 1.807) is 7.11 Å². The molecule has 1 fully saturated rings. The molecule has 2 rings (SSSR count). The van der Waals surface area contributed by atoms with E-state index in [9.17, 15) is 0 Å². The molecule has 0 spiro atoms. The Morgan fingerprint density at radius 1 is 1.50 bits per heavy atom. The molecule has 0 saturated carbocycles. The number of nitrogens with zero attached hydrogens (tertiary/aromatic N) is 1. The minimum Gasteiger partial charge on any atom is -0.497 e. The Balaban J connectivity index is 1.94. The molecule has 0 aliphatic carbocycles. The van der Waals surface area contributed by atoms with Crippen LogP contribution in [0.1, 0.15) is 19.4 Å². The quantitative estimate of drug-likeness (QED) is 0.908. The summed E-state index contributed by atoms with van der Waals surface area (Å²) in [4.78, 5) is 4.61. The van der Waals surface area contributed by atoms with Gasteiger partial charge in [-0.15, -0.1) is 0 Å². The lowest BCUT2D eigenvalue weighted by molar-refractivity contribution is 0.414. The molecule has 0 radical (unpaired) electrons. The SMILES string of the molecule is COc1cccc(CN=C2NC(C(C)C)CS2)c1. The van der Waals surface area contributed by atoms with E-state index in [4.69, 9.17) is 4.74 Å². The maximum atomic E-state index is 5.21. The average molecular weight is 264 g/mol. The molecule has 98 valence electrons. The van der Waals surface area contributed by atoms with Crippen LogP contribution in [-0.2, 0) is 6.54 Å². The largest absolute Gasteiger partial charge is 0.497 e. The zero-order valence-electron chi connectivity index (χ0n) is 11.1. The first-order valence-electron chi connectivity index (χ1n) is 6.25. The highest BCUT2D eigenvalue weighted by atomic mass is 32.2. The van der Waals surface area contributed by atoms with Crippen LogP contribution >= 0.6 is 11.8 Å². The summed E-state index contributed by atoms with van der Waals surface area (Å²) in [6.07, 6.45) is 0. The van der Waals surface area contributed by atoms with Crippen molar-refractivity contribution in [3.05, 3.63) is 29.8 Å². The number of ether oxygens (including phenoxy) is 1. The number of thioether (sulfide) groups is 1. The van der Waals surface area contributed by atoms with Crippen molar-refractivity contribution in [3.8, 4) is 5.75 Å². The fourth-order valence-electron chi connectivity index (χ4n) is 1.79. The second-order valence-electron chi connectivity index (χ2n) is 4.78. The Kier molecular flexibility index (Phi) is 4.53. The van der Waals surface area contributed by atoms with Gasteiger partial charge in [0.15, 0.2) is 5.17 Å². The Labute approximate surface area is 113 Å². The van der Waals surface area contributed by atoms with E-state index < -0.39 is 0 Å². The van der Waals surface area contributed by atoms with Crippen LogP contribution in [0.2, 0.25) is 0 Å². The zero-order chi connectivity index (χ0) is 13.0. The van der Waals surface area contributed by atoms with Gasteiger partial charge in [-0.2, -0.15) is 0 Å². The summed E-state index contributed by atoms with van der Waals surface area (Å²) in [5.74, 6) is 2.66. The summed E-state index contributed by atoms with van der Waals surface area (Å²) >= 11 is 1.82. The normalized spacial score (nSPS) is 21.3. The highest BCUT2D eigenvalue weighted by molar-refractivity contribution is 8.14. The Hall–Kier alpha value is -1.16. The minimum atomic E-state index is 0.555. The molecule has 1 aliphatic heterocycles. The minimum absolute atomic E-state index is 0.555. The van der Waals surface area contributed by atoms with Gasteiger partial charge in [0.25, 0.3) is 0 Å². The van der Waals surface area contributed by atoms with Gasteiger partial charge >= 0.3 is 0 Å². The number of benzene rings is 1. The molecular formula is C14H20N2OS. The third kappa shape index (κ3) is 3.42. The molecule has 1 unspecified atom stereocenters. The lowest BCUT2D eigenvalue weighted by Gasteiger charge is -2.13. The molecule has 0 bridgehead atoms. The van der Waals surface area contributed by atoms with E-state index >= 15 is 0 Å². The molecule has 3 nitrogen and oxygen atoms in total. The highest BCUT2D eigenvalue weighted by Gasteiger charge is 2.22. The summed E-state index contributed by atoms with van der Waals surface area (Å²) in [6.45, 7) is 5.18. The van der Waals surface area contributed by atoms with E-state index in [1.165, 1.54) is 5.56 Å². The van der Waals surface area contributed by atoms with Gasteiger partial charge < -0.3 is 10.1 Å². The van der Waals surface area contributed by atoms with E-state index in [0.717, 1.165) is 16.7 Å². The van der Waals surface area contributed by atoms with Gasteiger partial charge in [-0.3, -0.25) is 4.99 Å². The maximum Gasteiger partial charge on any atom is 0.157 e. The number of methoxy groups -OCH3 is 1. The van der Waals surface area contributed by atoms with Crippen molar-refractivity contribution in [1.82, 2.24) is 5.32 Å². The summed E-state index contributed by atoms with van der Waals surface area (Å²) in [5, 5.41) is 4.54. The van der Waals surface area contributed by atoms with Crippen LogP contribution in [0, 0.1) is 5.92 Å². The lowest BCUT2D eigenvalue weighted by Crippen LogP contribution is -2.31. The summed E-state index contributed by atoms with van der Waals surface area (Å²) in [7, 11) is 1.69. The van der Waals surface area contributed by atoms with Crippen LogP contribution in [0.25, 0.3) is 0 Å². The van der Waals surface area contributed by atoms with Gasteiger partial charge in [0.1, 0.15) is 5.75 Å². The van der Waals surface area contributed by atoms with Gasteiger partial charge in [-0.1, -0.05) is 37.7 Å². The smallest absolute Gasteiger partial charge is 0.157 e. The van der Waals surface area contributed by atoms with Crippen molar-refractivity contribution in [2.24, 2.45) is 10.9 Å². The van der Waals surface area contributed by atoms with Crippen LogP contribution in [-0.4, -0.2) is 24.1 Å². The topological polar surface area (TPSA) is 33.6 Å². The van der Waals surface area contributed by atoms with Gasteiger partial charge in [0, 0.05) is 11.8 Å². The third-order valence-electron chi connectivity index (χ3n) is 3.05. The van der Waals surface area contributed by atoms with Crippen molar-refractivity contribution in [1.29, 1.82) is 0 Å². The molecule has 1 aromatic carbocycles. The fourth-order valence-corrected chi connectivity index (χ4v) is 2.99. The number of amidine groups is 1. The molecule has 18 heavy (non-hydrogen) atoms. The number of hydrogen-bond donors (Lipinski definition) is 1. The Morgan fingerprint density at radius 3 is 3.00 bits per heavy atom. The first-order chi connectivity index (χ1) is 8.69. The van der Waals surface area contributed by atoms with Crippen LogP contribution in [0.15, 0.2) is 29.3 Å². The van der Waals surface area contributed by atoms with Crippen LogP contribution < -0.4 is 10.1 Å². The van der Waals surface area contributed by atoms with E-state index in [1.807, 2.05) is 30.0 Å². The molecule has 0 amide bonds. The number of hydrogen-bond acceptors (Lipinski definition) is 3. The van der Waals surface area contributed by atoms with Gasteiger partial charge in [-0.25, -0.2) is 0 Å². The predicted molar refractivity (Wildman–Crippen MR) is 78.4 cm³/mol. The van der Waals surface area contributed by atoms with E-state index in [0.29, 0.717) is 18.5 Å². The highest BCUT2D eigenvalue weighted by Crippen LogP contribution is 2.20. The first-order valence-corrected chi connectivity index (χ1v) is 7.24. The molecule has 1 aromatic rings. The number of rotatable bonds is 4. The first kappa shape index (κ1) is 13.3. The van der Waals surface area contributed by atoms with Crippen molar-refractivity contribution in [2.75, 3.05) is 12.9 Å². The predicted octanol–water partition coefficient (Wildman–Crippen LogP) is 2.91. The molecule has 1 atom stereocenters. The Morgan fingerprint density at radius 2 is 2.33 bits per heavy atom. The Bertz CT molecular complexity index is 432. The third-order valence-corrected chi connectivity index (χ3v) is 4.10. The second kappa shape index (κ2) is 6.14. The molecular weight excluding hydrogens is 244 g/mol. The van der Waals surface area contributed by atoms with Gasteiger partial charge in [0.05, 0.1) is 13.7 Å². The second-order valence-corrected chi connectivity index (χ2v) is 5.79. The average Bonchev–Trinajstić information content (AvgIpc) is 2.85. The molecule has 1 heterocycles. The molecule has 4 heteroatoms. The maximum absolute atomic E-state index is 5.21. The van der Waals surface area contributed by atoms with Crippen LogP contribution in [0.3, 0.4) is 0 Å². The van der Waals surface area contributed by atoms with Gasteiger partial charge in [-0.05, 0) is 23.6 Å². The van der Waals surface area contributed by atoms with E-state index in [-0.39, 0.29) is 0 Å². The van der Waals surface area contributed by atoms with E-state index in [2.05, 4.69) is 30.2 Å². The number of nitrogens with one attached hydrogen (secondary N) is 1. The zero-order valence-corrected chi connectivity index (χ0v) is 12.0.